The second-order valence-corrected chi connectivity index (χ2v) is 8.41. The summed E-state index contributed by atoms with van der Waals surface area (Å²) < 4.78 is 2.95. The van der Waals surface area contributed by atoms with Crippen molar-refractivity contribution in [1.82, 2.24) is 34.4 Å². The summed E-state index contributed by atoms with van der Waals surface area (Å²) in [4.78, 5) is 54.2. The zero-order valence-electron chi connectivity index (χ0n) is 18.8. The summed E-state index contributed by atoms with van der Waals surface area (Å²) in [5, 5.41) is 2.85. The fourth-order valence-electron chi connectivity index (χ4n) is 3.97. The first-order valence-corrected chi connectivity index (χ1v) is 11.5. The van der Waals surface area contributed by atoms with Crippen molar-refractivity contribution in [2.24, 2.45) is 0 Å². The van der Waals surface area contributed by atoms with Crippen molar-refractivity contribution in [1.29, 1.82) is 0 Å². The fraction of sp³-hybridized carbons (Fsp3) is 0.333. The summed E-state index contributed by atoms with van der Waals surface area (Å²) in [5.74, 6) is 0.316. The van der Waals surface area contributed by atoms with Gasteiger partial charge in [0.2, 0.25) is 0 Å². The quantitative estimate of drug-likeness (QED) is 0.415. The third-order valence-electron chi connectivity index (χ3n) is 5.86. The summed E-state index contributed by atoms with van der Waals surface area (Å²) in [6, 6.07) is 7.14. The molecule has 1 fully saturated rings. The average molecular weight is 460 g/mol. The number of hydrogen-bond acceptors (Lipinski definition) is 6. The standard InChI is InChI=1S/C24H25N7O3/c1-2-12-30-21-19(23(33)31(24(30)34)18-7-8-18)28-20(29-21)15-5-6-17(27-14-15)9-11-26-22(32)16-4-3-10-25-13-16/h3-6,10,13-14,18H,2,7-9,11-12H2,1H3,(H,26,32)(H,28,29). The first-order valence-electron chi connectivity index (χ1n) is 11.5. The lowest BCUT2D eigenvalue weighted by atomic mass is 10.2. The van der Waals surface area contributed by atoms with E-state index in [0.717, 1.165) is 25.0 Å². The van der Waals surface area contributed by atoms with Crippen molar-refractivity contribution in [2.75, 3.05) is 6.54 Å². The number of aromatic amines is 1. The minimum atomic E-state index is -0.317. The number of H-pyrrole nitrogens is 1. The van der Waals surface area contributed by atoms with Gasteiger partial charge in [-0.05, 0) is 43.5 Å². The lowest BCUT2D eigenvalue weighted by Gasteiger charge is -2.09. The maximum Gasteiger partial charge on any atom is 0.333 e. The molecule has 10 nitrogen and oxygen atoms in total. The number of amides is 1. The molecule has 34 heavy (non-hydrogen) atoms. The van der Waals surface area contributed by atoms with Crippen molar-refractivity contribution in [3.05, 3.63) is 75.0 Å². The molecule has 1 saturated carbocycles. The Morgan fingerprint density at radius 3 is 2.74 bits per heavy atom. The number of imidazole rings is 1. The SMILES string of the molecule is CCCn1c(=O)n(C2CC2)c(=O)c2[nH]c(-c3ccc(CCNC(=O)c4cccnc4)nc3)nc21. The van der Waals surface area contributed by atoms with Gasteiger partial charge in [0.05, 0.1) is 5.56 Å². The highest BCUT2D eigenvalue weighted by molar-refractivity contribution is 5.93. The number of pyridine rings is 2. The molecule has 4 aromatic heterocycles. The van der Waals surface area contributed by atoms with E-state index in [9.17, 15) is 14.4 Å². The molecular formula is C24H25N7O3. The van der Waals surface area contributed by atoms with Crippen molar-refractivity contribution >= 4 is 17.1 Å². The van der Waals surface area contributed by atoms with Gasteiger partial charge in [-0.1, -0.05) is 6.92 Å². The number of aryl methyl sites for hydroxylation is 1. The largest absolute Gasteiger partial charge is 0.352 e. The van der Waals surface area contributed by atoms with Crippen LogP contribution in [0.15, 0.2) is 52.4 Å². The highest BCUT2D eigenvalue weighted by Gasteiger charge is 2.29. The van der Waals surface area contributed by atoms with E-state index in [1.165, 1.54) is 10.8 Å². The summed E-state index contributed by atoms with van der Waals surface area (Å²) >= 11 is 0. The van der Waals surface area contributed by atoms with E-state index in [1.807, 2.05) is 19.1 Å². The lowest BCUT2D eigenvalue weighted by Crippen LogP contribution is -2.39. The van der Waals surface area contributed by atoms with Gasteiger partial charge in [-0.2, -0.15) is 0 Å². The topological polar surface area (TPSA) is 128 Å². The van der Waals surface area contributed by atoms with Gasteiger partial charge in [-0.15, -0.1) is 0 Å². The molecule has 10 heteroatoms. The third kappa shape index (κ3) is 4.14. The van der Waals surface area contributed by atoms with Gasteiger partial charge < -0.3 is 10.3 Å². The lowest BCUT2D eigenvalue weighted by molar-refractivity contribution is 0.0953. The number of aromatic nitrogens is 6. The molecule has 0 aromatic carbocycles. The van der Waals surface area contributed by atoms with E-state index in [1.54, 1.807) is 29.1 Å². The maximum atomic E-state index is 13.0. The van der Waals surface area contributed by atoms with Gasteiger partial charge in [0.25, 0.3) is 11.5 Å². The van der Waals surface area contributed by atoms with E-state index in [4.69, 9.17) is 0 Å². The third-order valence-corrected chi connectivity index (χ3v) is 5.86. The number of nitrogens with zero attached hydrogens (tertiary/aromatic N) is 5. The highest BCUT2D eigenvalue weighted by atomic mass is 16.2. The van der Waals surface area contributed by atoms with Crippen LogP contribution < -0.4 is 16.6 Å². The number of rotatable bonds is 8. The van der Waals surface area contributed by atoms with Crippen LogP contribution in [0.4, 0.5) is 0 Å². The Balaban J connectivity index is 1.35. The van der Waals surface area contributed by atoms with Gasteiger partial charge in [-0.3, -0.25) is 28.7 Å². The van der Waals surface area contributed by atoms with Crippen LogP contribution in [-0.4, -0.2) is 41.5 Å². The van der Waals surface area contributed by atoms with E-state index in [2.05, 4.69) is 25.3 Å². The smallest absolute Gasteiger partial charge is 0.333 e. The molecule has 4 aromatic rings. The minimum absolute atomic E-state index is 0.0150. The normalized spacial score (nSPS) is 13.3. The zero-order valence-corrected chi connectivity index (χ0v) is 18.8. The van der Waals surface area contributed by atoms with E-state index >= 15 is 0 Å². The van der Waals surface area contributed by atoms with Crippen LogP contribution in [-0.2, 0) is 13.0 Å². The molecule has 0 bridgehead atoms. The second kappa shape index (κ2) is 9.05. The van der Waals surface area contributed by atoms with Crippen LogP contribution in [0.25, 0.3) is 22.6 Å². The first-order chi connectivity index (χ1) is 16.6. The molecule has 0 aliphatic heterocycles. The molecular weight excluding hydrogens is 434 g/mol. The van der Waals surface area contributed by atoms with Crippen molar-refractivity contribution in [2.45, 2.75) is 45.2 Å². The molecule has 0 saturated heterocycles. The van der Waals surface area contributed by atoms with Crippen molar-refractivity contribution < 1.29 is 4.79 Å². The first kappa shape index (κ1) is 21.7. The summed E-state index contributed by atoms with van der Waals surface area (Å²) in [7, 11) is 0. The molecule has 1 amide bonds. The highest BCUT2D eigenvalue weighted by Crippen LogP contribution is 2.32. The summed E-state index contributed by atoms with van der Waals surface area (Å²) in [5.41, 5.74) is 2.16. The Morgan fingerprint density at radius 1 is 1.21 bits per heavy atom. The number of hydrogen-bond donors (Lipinski definition) is 2. The molecule has 0 spiro atoms. The maximum absolute atomic E-state index is 13.0. The Hall–Kier alpha value is -4.08. The van der Waals surface area contributed by atoms with E-state index in [-0.39, 0.29) is 23.2 Å². The molecule has 0 unspecified atom stereocenters. The molecule has 1 aliphatic carbocycles. The van der Waals surface area contributed by atoms with Crippen LogP contribution in [0.5, 0.6) is 0 Å². The van der Waals surface area contributed by atoms with Crippen molar-refractivity contribution in [3.63, 3.8) is 0 Å². The predicted octanol–water partition coefficient (Wildman–Crippen LogP) is 2.06. The van der Waals surface area contributed by atoms with Gasteiger partial charge in [0.15, 0.2) is 5.65 Å². The Morgan fingerprint density at radius 2 is 2.06 bits per heavy atom. The second-order valence-electron chi connectivity index (χ2n) is 8.41. The minimum Gasteiger partial charge on any atom is -0.352 e. The van der Waals surface area contributed by atoms with E-state index in [0.29, 0.717) is 47.6 Å². The van der Waals surface area contributed by atoms with Crippen LogP contribution in [0.1, 0.15) is 48.3 Å². The van der Waals surface area contributed by atoms with Gasteiger partial charge in [0, 0.05) is 55.4 Å². The van der Waals surface area contributed by atoms with Gasteiger partial charge >= 0.3 is 5.69 Å². The summed E-state index contributed by atoms with van der Waals surface area (Å²) in [6.45, 7) is 2.92. The molecule has 4 heterocycles. The summed E-state index contributed by atoms with van der Waals surface area (Å²) in [6.07, 6.45) is 7.84. The van der Waals surface area contributed by atoms with Gasteiger partial charge in [0.1, 0.15) is 11.3 Å². The zero-order chi connectivity index (χ0) is 23.7. The molecule has 0 atom stereocenters. The predicted molar refractivity (Wildman–Crippen MR) is 127 cm³/mol. The van der Waals surface area contributed by atoms with E-state index < -0.39 is 0 Å². The average Bonchev–Trinajstić information content (AvgIpc) is 3.59. The molecule has 0 radical (unpaired) electrons. The molecule has 174 valence electrons. The van der Waals surface area contributed by atoms with Crippen LogP contribution in [0, 0.1) is 0 Å². The Bertz CT molecular complexity index is 1450. The number of nitrogens with one attached hydrogen (secondary N) is 2. The van der Waals surface area contributed by atoms with Gasteiger partial charge in [-0.25, -0.2) is 9.78 Å². The van der Waals surface area contributed by atoms with Crippen LogP contribution >= 0.6 is 0 Å². The number of carbonyl (C=O) groups excluding carboxylic acids is 1. The Kier molecular flexibility index (Phi) is 5.79. The van der Waals surface area contributed by atoms with Crippen molar-refractivity contribution in [3.8, 4) is 11.4 Å². The molecule has 2 N–H and O–H groups in total. The number of carbonyl (C=O) groups is 1. The Labute approximate surface area is 194 Å². The molecule has 5 rings (SSSR count). The fourth-order valence-corrected chi connectivity index (χ4v) is 3.97. The van der Waals surface area contributed by atoms with Crippen LogP contribution in [0.3, 0.4) is 0 Å². The number of fused-ring (bicyclic) bond motifs is 1. The molecule has 1 aliphatic rings. The monoisotopic (exact) mass is 459 g/mol. The van der Waals surface area contributed by atoms with Crippen LogP contribution in [0.2, 0.25) is 0 Å².